The highest BCUT2D eigenvalue weighted by molar-refractivity contribution is 14.0. The summed E-state index contributed by atoms with van der Waals surface area (Å²) in [6, 6.07) is 4.07. The molecule has 0 saturated carbocycles. The average Bonchev–Trinajstić information content (AvgIpc) is 3.16. The predicted molar refractivity (Wildman–Crippen MR) is 124 cm³/mol. The van der Waals surface area contributed by atoms with Crippen LogP contribution in [0.2, 0.25) is 5.02 Å². The molecule has 2 saturated heterocycles. The fourth-order valence-electron chi connectivity index (χ4n) is 3.44. The number of hydrogen-bond donors (Lipinski definition) is 2. The van der Waals surface area contributed by atoms with Gasteiger partial charge in [-0.25, -0.2) is 4.98 Å². The van der Waals surface area contributed by atoms with Crippen molar-refractivity contribution in [1.29, 1.82) is 0 Å². The van der Waals surface area contributed by atoms with E-state index in [9.17, 15) is 0 Å². The summed E-state index contributed by atoms with van der Waals surface area (Å²) >= 11 is 6.26. The summed E-state index contributed by atoms with van der Waals surface area (Å²) in [5, 5.41) is 7.57. The Labute approximate surface area is 189 Å². The minimum Gasteiger partial charge on any atom is -0.381 e. The first-order chi connectivity index (χ1) is 13.3. The van der Waals surface area contributed by atoms with Gasteiger partial charge in [0.05, 0.1) is 11.1 Å². The summed E-state index contributed by atoms with van der Waals surface area (Å²) in [5.41, 5.74) is 0. The van der Waals surface area contributed by atoms with Crippen molar-refractivity contribution in [2.45, 2.75) is 37.8 Å². The summed E-state index contributed by atoms with van der Waals surface area (Å²) < 4.78 is 11.2. The van der Waals surface area contributed by atoms with Crippen molar-refractivity contribution in [3.05, 3.63) is 23.4 Å². The molecule has 1 aromatic heterocycles. The highest BCUT2D eigenvalue weighted by Crippen LogP contribution is 2.25. The summed E-state index contributed by atoms with van der Waals surface area (Å²) in [6.07, 6.45) is 6.15. The van der Waals surface area contributed by atoms with Crippen molar-refractivity contribution in [3.8, 4) is 0 Å². The van der Waals surface area contributed by atoms with E-state index in [4.69, 9.17) is 21.1 Å². The van der Waals surface area contributed by atoms with Gasteiger partial charge in [-0.1, -0.05) is 11.6 Å². The Morgan fingerprint density at radius 1 is 1.39 bits per heavy atom. The van der Waals surface area contributed by atoms with Gasteiger partial charge < -0.3 is 25.0 Å². The number of ether oxygens (including phenoxy) is 2. The van der Waals surface area contributed by atoms with Crippen LogP contribution < -0.4 is 15.5 Å². The third-order valence-electron chi connectivity index (χ3n) is 4.93. The van der Waals surface area contributed by atoms with Crippen molar-refractivity contribution >= 4 is 47.4 Å². The Morgan fingerprint density at radius 2 is 2.21 bits per heavy atom. The van der Waals surface area contributed by atoms with E-state index in [1.54, 1.807) is 13.2 Å². The number of nitrogens with zero attached hydrogens (tertiary/aromatic N) is 3. The van der Waals surface area contributed by atoms with Gasteiger partial charge in [-0.05, 0) is 37.8 Å². The molecule has 9 heteroatoms. The zero-order valence-electron chi connectivity index (χ0n) is 16.4. The van der Waals surface area contributed by atoms with Crippen LogP contribution in [0.15, 0.2) is 23.3 Å². The van der Waals surface area contributed by atoms with Gasteiger partial charge in [0.15, 0.2) is 5.96 Å². The lowest BCUT2D eigenvalue weighted by Crippen LogP contribution is -2.45. The van der Waals surface area contributed by atoms with Gasteiger partial charge in [0.1, 0.15) is 5.82 Å². The van der Waals surface area contributed by atoms with Crippen LogP contribution in [-0.4, -0.2) is 69.6 Å². The lowest BCUT2D eigenvalue weighted by molar-refractivity contribution is -0.0320. The highest BCUT2D eigenvalue weighted by atomic mass is 127. The minimum atomic E-state index is 0. The van der Waals surface area contributed by atoms with Crippen LogP contribution in [0.5, 0.6) is 0 Å². The minimum absolute atomic E-state index is 0. The summed E-state index contributed by atoms with van der Waals surface area (Å²) in [7, 11) is 1.80. The summed E-state index contributed by atoms with van der Waals surface area (Å²) in [6.45, 7) is 5.05. The quantitative estimate of drug-likeness (QED) is 0.248. The Kier molecular flexibility index (Phi) is 10.6. The Bertz CT molecular complexity index is 616. The molecule has 2 N–H and O–H groups in total. The SMILES string of the molecule is CN=C(NCCCOC1CCOCC1)NC1CCN(c2ncccc2Cl)C1.I. The number of rotatable bonds is 7. The lowest BCUT2D eigenvalue weighted by Gasteiger charge is -2.22. The first-order valence-electron chi connectivity index (χ1n) is 9.78. The third kappa shape index (κ3) is 7.20. The lowest BCUT2D eigenvalue weighted by atomic mass is 10.1. The smallest absolute Gasteiger partial charge is 0.191 e. The molecule has 3 heterocycles. The van der Waals surface area contributed by atoms with Crippen molar-refractivity contribution in [2.75, 3.05) is 51.4 Å². The number of pyridine rings is 1. The van der Waals surface area contributed by atoms with Crippen LogP contribution in [0.4, 0.5) is 5.82 Å². The molecule has 1 aromatic rings. The first-order valence-corrected chi connectivity index (χ1v) is 10.2. The second-order valence-corrected chi connectivity index (χ2v) is 7.33. The van der Waals surface area contributed by atoms with Crippen molar-refractivity contribution in [1.82, 2.24) is 15.6 Å². The second-order valence-electron chi connectivity index (χ2n) is 6.92. The van der Waals surface area contributed by atoms with Crippen LogP contribution in [0.3, 0.4) is 0 Å². The highest BCUT2D eigenvalue weighted by Gasteiger charge is 2.25. The number of aliphatic imine (C=N–C) groups is 1. The zero-order chi connectivity index (χ0) is 18.9. The average molecular weight is 524 g/mol. The molecule has 3 rings (SSSR count). The molecule has 28 heavy (non-hydrogen) atoms. The largest absolute Gasteiger partial charge is 0.381 e. The molecule has 7 nitrogen and oxygen atoms in total. The molecule has 0 aromatic carbocycles. The van der Waals surface area contributed by atoms with Gasteiger partial charge >= 0.3 is 0 Å². The Hall–Kier alpha value is -0.840. The van der Waals surface area contributed by atoms with E-state index in [1.165, 1.54) is 0 Å². The number of anilines is 1. The van der Waals surface area contributed by atoms with E-state index in [2.05, 4.69) is 25.5 Å². The second kappa shape index (κ2) is 12.7. The number of guanidine groups is 1. The fourth-order valence-corrected chi connectivity index (χ4v) is 3.68. The van der Waals surface area contributed by atoms with E-state index in [0.29, 0.717) is 17.2 Å². The Morgan fingerprint density at radius 3 is 2.96 bits per heavy atom. The predicted octanol–water partition coefficient (Wildman–Crippen LogP) is 2.68. The van der Waals surface area contributed by atoms with Crippen molar-refractivity contribution in [3.63, 3.8) is 0 Å². The summed E-state index contributed by atoms with van der Waals surface area (Å²) in [4.78, 5) is 10.9. The molecule has 2 fully saturated rings. The molecule has 0 bridgehead atoms. The monoisotopic (exact) mass is 523 g/mol. The molecule has 1 unspecified atom stereocenters. The van der Waals surface area contributed by atoms with Crippen LogP contribution in [0.25, 0.3) is 0 Å². The molecule has 0 amide bonds. The van der Waals surface area contributed by atoms with Gasteiger partial charge in [0.2, 0.25) is 0 Å². The molecule has 158 valence electrons. The van der Waals surface area contributed by atoms with Gasteiger partial charge in [0, 0.05) is 58.7 Å². The summed E-state index contributed by atoms with van der Waals surface area (Å²) in [5.74, 6) is 1.69. The number of halogens is 2. The normalized spacial score (nSPS) is 20.7. The maximum absolute atomic E-state index is 6.26. The first kappa shape index (κ1) is 23.4. The maximum atomic E-state index is 6.26. The fraction of sp³-hybridized carbons (Fsp3) is 0.684. The van der Waals surface area contributed by atoms with E-state index in [-0.39, 0.29) is 24.0 Å². The van der Waals surface area contributed by atoms with E-state index >= 15 is 0 Å². The van der Waals surface area contributed by atoms with Crippen LogP contribution in [0, 0.1) is 0 Å². The molecular formula is C19H31ClIN5O2. The topological polar surface area (TPSA) is 71.0 Å². The molecule has 0 aliphatic carbocycles. The van der Waals surface area contributed by atoms with Crippen molar-refractivity contribution < 1.29 is 9.47 Å². The van der Waals surface area contributed by atoms with E-state index in [0.717, 1.165) is 76.9 Å². The molecule has 2 aliphatic rings. The molecule has 1 atom stereocenters. The van der Waals surface area contributed by atoms with Crippen LogP contribution >= 0.6 is 35.6 Å². The van der Waals surface area contributed by atoms with Gasteiger partial charge in [0.25, 0.3) is 0 Å². The number of nitrogens with one attached hydrogen (secondary N) is 2. The van der Waals surface area contributed by atoms with Crippen molar-refractivity contribution in [2.24, 2.45) is 4.99 Å². The molecule has 0 radical (unpaired) electrons. The third-order valence-corrected chi connectivity index (χ3v) is 5.22. The van der Waals surface area contributed by atoms with Crippen LogP contribution in [0.1, 0.15) is 25.7 Å². The van der Waals surface area contributed by atoms with Gasteiger partial charge in [-0.3, -0.25) is 4.99 Å². The number of hydrogen-bond acceptors (Lipinski definition) is 5. The maximum Gasteiger partial charge on any atom is 0.191 e. The van der Waals surface area contributed by atoms with Gasteiger partial charge in [-0.2, -0.15) is 0 Å². The Balaban J connectivity index is 0.00000280. The van der Waals surface area contributed by atoms with E-state index in [1.807, 2.05) is 12.1 Å². The zero-order valence-corrected chi connectivity index (χ0v) is 19.5. The number of aromatic nitrogens is 1. The van der Waals surface area contributed by atoms with E-state index < -0.39 is 0 Å². The standard InChI is InChI=1S/C19H30ClN5O2.HI/c1-21-19(23-9-3-11-27-16-6-12-26-13-7-16)24-15-5-10-25(14-15)18-17(20)4-2-8-22-18;/h2,4,8,15-16H,3,5-7,9-14H2,1H3,(H2,21,23,24);1H. The molecule has 2 aliphatic heterocycles. The molecular weight excluding hydrogens is 493 g/mol. The van der Waals surface area contributed by atoms with Crippen LogP contribution in [-0.2, 0) is 9.47 Å². The van der Waals surface area contributed by atoms with Gasteiger partial charge in [-0.15, -0.1) is 24.0 Å². The molecule has 0 spiro atoms.